The van der Waals surface area contributed by atoms with Gasteiger partial charge in [0.2, 0.25) is 0 Å². The zero-order valence-electron chi connectivity index (χ0n) is 12.0. The lowest BCUT2D eigenvalue weighted by molar-refractivity contribution is 0.0690. The van der Waals surface area contributed by atoms with Crippen LogP contribution in [-0.4, -0.2) is 37.5 Å². The molecule has 3 nitrogen and oxygen atoms in total. The number of benzene rings is 1. The van der Waals surface area contributed by atoms with Crippen LogP contribution in [0.3, 0.4) is 0 Å². The van der Waals surface area contributed by atoms with E-state index in [0.717, 1.165) is 43.6 Å². The summed E-state index contributed by atoms with van der Waals surface area (Å²) in [5.74, 6) is 0.831. The number of piperidine rings is 1. The SMILES string of the molecule is CNCC1CCN(C(=O)c2ccc(Cl)cc2C)CC1.Cl. The van der Waals surface area contributed by atoms with Gasteiger partial charge in [-0.05, 0) is 63.0 Å². The van der Waals surface area contributed by atoms with Gasteiger partial charge in [-0.25, -0.2) is 0 Å². The minimum absolute atomic E-state index is 0. The van der Waals surface area contributed by atoms with Gasteiger partial charge in [0.15, 0.2) is 0 Å². The van der Waals surface area contributed by atoms with Crippen LogP contribution in [-0.2, 0) is 0 Å². The Balaban J connectivity index is 0.00000200. The van der Waals surface area contributed by atoms with Crippen molar-refractivity contribution in [1.29, 1.82) is 0 Å². The third-order valence-electron chi connectivity index (χ3n) is 3.81. The van der Waals surface area contributed by atoms with Crippen molar-refractivity contribution < 1.29 is 4.79 Å². The first-order valence-corrected chi connectivity index (χ1v) is 7.19. The Hall–Kier alpha value is -0.770. The average molecular weight is 317 g/mol. The second-order valence-electron chi connectivity index (χ2n) is 5.25. The first kappa shape index (κ1) is 17.3. The van der Waals surface area contributed by atoms with Gasteiger partial charge < -0.3 is 10.2 Å². The van der Waals surface area contributed by atoms with Crippen molar-refractivity contribution in [3.63, 3.8) is 0 Å². The van der Waals surface area contributed by atoms with E-state index < -0.39 is 0 Å². The van der Waals surface area contributed by atoms with Crippen molar-refractivity contribution in [3.05, 3.63) is 34.3 Å². The minimum atomic E-state index is 0. The van der Waals surface area contributed by atoms with Gasteiger partial charge in [-0.2, -0.15) is 0 Å². The van der Waals surface area contributed by atoms with Crippen molar-refractivity contribution in [2.75, 3.05) is 26.7 Å². The van der Waals surface area contributed by atoms with Crippen LogP contribution in [0.15, 0.2) is 18.2 Å². The first-order valence-electron chi connectivity index (χ1n) is 6.82. The van der Waals surface area contributed by atoms with Crippen LogP contribution in [0.1, 0.15) is 28.8 Å². The van der Waals surface area contributed by atoms with Crippen molar-refractivity contribution in [3.8, 4) is 0 Å². The molecule has 112 valence electrons. The summed E-state index contributed by atoms with van der Waals surface area (Å²) in [7, 11) is 1.98. The van der Waals surface area contributed by atoms with Crippen molar-refractivity contribution >= 4 is 29.9 Å². The molecule has 0 spiro atoms. The lowest BCUT2D eigenvalue weighted by Crippen LogP contribution is -2.40. The van der Waals surface area contributed by atoms with Gasteiger partial charge in [-0.3, -0.25) is 4.79 Å². The molecule has 1 saturated heterocycles. The average Bonchev–Trinajstić information content (AvgIpc) is 2.39. The number of hydrogen-bond donors (Lipinski definition) is 1. The Labute approximate surface area is 132 Å². The Bertz CT molecular complexity index is 457. The summed E-state index contributed by atoms with van der Waals surface area (Å²) in [5.41, 5.74) is 1.73. The van der Waals surface area contributed by atoms with Crippen LogP contribution in [0.25, 0.3) is 0 Å². The molecular formula is C15H22Cl2N2O. The topological polar surface area (TPSA) is 32.3 Å². The molecule has 2 rings (SSSR count). The van der Waals surface area contributed by atoms with E-state index in [1.807, 2.05) is 31.0 Å². The predicted molar refractivity (Wildman–Crippen MR) is 86.0 cm³/mol. The fourth-order valence-electron chi connectivity index (χ4n) is 2.67. The first-order chi connectivity index (χ1) is 9.11. The summed E-state index contributed by atoms with van der Waals surface area (Å²) in [5, 5.41) is 3.89. The molecular weight excluding hydrogens is 295 g/mol. The van der Waals surface area contributed by atoms with Crippen LogP contribution in [0.4, 0.5) is 0 Å². The highest BCUT2D eigenvalue weighted by Gasteiger charge is 2.23. The number of rotatable bonds is 3. The van der Waals surface area contributed by atoms with Crippen LogP contribution >= 0.6 is 24.0 Å². The van der Waals surface area contributed by atoms with Crippen molar-refractivity contribution in [1.82, 2.24) is 10.2 Å². The monoisotopic (exact) mass is 316 g/mol. The maximum atomic E-state index is 12.5. The van der Waals surface area contributed by atoms with Crippen molar-refractivity contribution in [2.45, 2.75) is 19.8 Å². The lowest BCUT2D eigenvalue weighted by atomic mass is 9.96. The fraction of sp³-hybridized carbons (Fsp3) is 0.533. The predicted octanol–water partition coefficient (Wildman–Crippen LogP) is 3.14. The molecule has 0 radical (unpaired) electrons. The molecule has 1 amide bonds. The maximum absolute atomic E-state index is 12.5. The third-order valence-corrected chi connectivity index (χ3v) is 4.05. The van der Waals surface area contributed by atoms with E-state index in [9.17, 15) is 4.79 Å². The Morgan fingerprint density at radius 1 is 1.40 bits per heavy atom. The second kappa shape index (κ2) is 7.87. The van der Waals surface area contributed by atoms with Gasteiger partial charge in [0, 0.05) is 23.7 Å². The highest BCUT2D eigenvalue weighted by atomic mass is 35.5. The minimum Gasteiger partial charge on any atom is -0.339 e. The summed E-state index contributed by atoms with van der Waals surface area (Å²) in [4.78, 5) is 14.4. The van der Waals surface area contributed by atoms with E-state index in [0.29, 0.717) is 10.9 Å². The highest BCUT2D eigenvalue weighted by molar-refractivity contribution is 6.30. The second-order valence-corrected chi connectivity index (χ2v) is 5.69. The molecule has 1 N–H and O–H groups in total. The van der Waals surface area contributed by atoms with Crippen LogP contribution in [0.2, 0.25) is 5.02 Å². The lowest BCUT2D eigenvalue weighted by Gasteiger charge is -2.32. The molecule has 1 fully saturated rings. The molecule has 5 heteroatoms. The number of nitrogens with zero attached hydrogens (tertiary/aromatic N) is 1. The summed E-state index contributed by atoms with van der Waals surface area (Å²) >= 11 is 5.93. The summed E-state index contributed by atoms with van der Waals surface area (Å²) < 4.78 is 0. The van der Waals surface area contributed by atoms with E-state index in [-0.39, 0.29) is 18.3 Å². The number of halogens is 2. The molecule has 0 bridgehead atoms. The summed E-state index contributed by atoms with van der Waals surface area (Å²) in [6, 6.07) is 5.47. The molecule has 20 heavy (non-hydrogen) atoms. The van der Waals surface area contributed by atoms with E-state index in [4.69, 9.17) is 11.6 Å². The molecule has 1 aliphatic heterocycles. The van der Waals surface area contributed by atoms with Gasteiger partial charge in [0.05, 0.1) is 0 Å². The van der Waals surface area contributed by atoms with E-state index in [1.54, 1.807) is 6.07 Å². The molecule has 1 aromatic rings. The number of aryl methyl sites for hydroxylation is 1. The van der Waals surface area contributed by atoms with E-state index >= 15 is 0 Å². The van der Waals surface area contributed by atoms with Crippen molar-refractivity contribution in [2.24, 2.45) is 5.92 Å². The van der Waals surface area contributed by atoms with E-state index in [2.05, 4.69) is 5.32 Å². The molecule has 0 saturated carbocycles. The summed E-state index contributed by atoms with van der Waals surface area (Å²) in [6.45, 7) is 4.69. The van der Waals surface area contributed by atoms with Gasteiger partial charge in [-0.1, -0.05) is 11.6 Å². The largest absolute Gasteiger partial charge is 0.339 e. The molecule has 1 aliphatic rings. The smallest absolute Gasteiger partial charge is 0.254 e. The van der Waals surface area contributed by atoms with Crippen LogP contribution in [0, 0.1) is 12.8 Å². The quantitative estimate of drug-likeness (QED) is 0.929. The molecule has 1 aromatic carbocycles. The molecule has 0 atom stereocenters. The number of carbonyl (C=O) groups is 1. The van der Waals surface area contributed by atoms with Gasteiger partial charge in [0.1, 0.15) is 0 Å². The van der Waals surface area contributed by atoms with Crippen LogP contribution in [0.5, 0.6) is 0 Å². The zero-order valence-corrected chi connectivity index (χ0v) is 13.6. The van der Waals surface area contributed by atoms with E-state index in [1.165, 1.54) is 0 Å². The normalized spacial score (nSPS) is 15.8. The molecule has 0 aromatic heterocycles. The zero-order chi connectivity index (χ0) is 13.8. The number of nitrogens with one attached hydrogen (secondary N) is 1. The number of hydrogen-bond acceptors (Lipinski definition) is 2. The highest BCUT2D eigenvalue weighted by Crippen LogP contribution is 2.21. The van der Waals surface area contributed by atoms with Crippen LogP contribution < -0.4 is 5.32 Å². The Morgan fingerprint density at radius 2 is 2.05 bits per heavy atom. The summed E-state index contributed by atoms with van der Waals surface area (Å²) in [6.07, 6.45) is 2.17. The standard InChI is InChI=1S/C15H21ClN2O.ClH/c1-11-9-13(16)3-4-14(11)15(19)18-7-5-12(6-8-18)10-17-2;/h3-4,9,12,17H,5-8,10H2,1-2H3;1H. The molecule has 0 aliphatic carbocycles. The number of likely N-dealkylation sites (tertiary alicyclic amines) is 1. The number of carbonyl (C=O) groups excluding carboxylic acids is 1. The number of amides is 1. The Kier molecular flexibility index (Phi) is 6.80. The Morgan fingerprint density at radius 3 is 2.60 bits per heavy atom. The van der Waals surface area contributed by atoms with Gasteiger partial charge in [-0.15, -0.1) is 12.4 Å². The molecule has 1 heterocycles. The third kappa shape index (κ3) is 4.11. The maximum Gasteiger partial charge on any atom is 0.254 e. The van der Waals surface area contributed by atoms with Gasteiger partial charge >= 0.3 is 0 Å². The molecule has 0 unspecified atom stereocenters. The van der Waals surface area contributed by atoms with Gasteiger partial charge in [0.25, 0.3) is 5.91 Å². The fourth-order valence-corrected chi connectivity index (χ4v) is 2.89.